The van der Waals surface area contributed by atoms with E-state index in [1.54, 1.807) is 36.7 Å². The van der Waals surface area contributed by atoms with Gasteiger partial charge in [0.25, 0.3) is 5.91 Å². The van der Waals surface area contributed by atoms with Crippen LogP contribution in [0.25, 0.3) is 21.7 Å². The Hall–Kier alpha value is -4.54. The van der Waals surface area contributed by atoms with Gasteiger partial charge in [-0.1, -0.05) is 23.7 Å². The minimum Gasteiger partial charge on any atom is -0.383 e. The molecule has 8 heteroatoms. The molecule has 0 aliphatic carbocycles. The van der Waals surface area contributed by atoms with Crippen LogP contribution in [0.3, 0.4) is 0 Å². The minimum absolute atomic E-state index is 0.199. The van der Waals surface area contributed by atoms with Crippen LogP contribution >= 0.6 is 11.6 Å². The monoisotopic (exact) mass is 478 g/mol. The van der Waals surface area contributed by atoms with Gasteiger partial charge in [0.05, 0.1) is 16.1 Å². The quantitative estimate of drug-likeness (QED) is 0.374. The Morgan fingerprint density at radius 1 is 0.971 bits per heavy atom. The Labute approximate surface area is 206 Å². The molecule has 35 heavy (non-hydrogen) atoms. The summed E-state index contributed by atoms with van der Waals surface area (Å²) in [5.41, 5.74) is 10.0. The number of nitrogens with one attached hydrogen (secondary N) is 1. The summed E-state index contributed by atoms with van der Waals surface area (Å²) in [4.78, 5) is 25.6. The minimum atomic E-state index is -0.199. The third-order valence-electron chi connectivity index (χ3n) is 5.71. The van der Waals surface area contributed by atoms with Crippen LogP contribution in [-0.2, 0) is 13.0 Å². The van der Waals surface area contributed by atoms with Crippen molar-refractivity contribution in [3.8, 4) is 6.07 Å². The molecular formula is C27H19ClN6O. The maximum atomic E-state index is 12.8. The molecule has 7 nitrogen and oxygen atoms in total. The van der Waals surface area contributed by atoms with Crippen molar-refractivity contribution < 1.29 is 4.79 Å². The van der Waals surface area contributed by atoms with E-state index < -0.39 is 0 Å². The summed E-state index contributed by atoms with van der Waals surface area (Å²) in [7, 11) is 0. The predicted octanol–water partition coefficient (Wildman–Crippen LogP) is 4.81. The number of hydrogen-bond donors (Lipinski definition) is 2. The molecule has 170 valence electrons. The van der Waals surface area contributed by atoms with Gasteiger partial charge < -0.3 is 11.1 Å². The number of nitrogens with two attached hydrogens (primary N) is 1. The maximum Gasteiger partial charge on any atom is 0.251 e. The van der Waals surface area contributed by atoms with E-state index in [2.05, 4.69) is 26.3 Å². The number of amides is 1. The number of rotatable bonds is 5. The highest BCUT2D eigenvalue weighted by Gasteiger charge is 2.11. The lowest BCUT2D eigenvalue weighted by Gasteiger charge is -2.09. The first-order chi connectivity index (χ1) is 17.0. The normalized spacial score (nSPS) is 10.9. The highest BCUT2D eigenvalue weighted by molar-refractivity contribution is 6.31. The van der Waals surface area contributed by atoms with Gasteiger partial charge in [0.1, 0.15) is 11.9 Å². The van der Waals surface area contributed by atoms with Gasteiger partial charge in [0.15, 0.2) is 0 Å². The molecule has 0 aliphatic rings. The van der Waals surface area contributed by atoms with E-state index in [0.29, 0.717) is 46.1 Å². The van der Waals surface area contributed by atoms with Crippen LogP contribution in [0, 0.1) is 11.3 Å². The van der Waals surface area contributed by atoms with Gasteiger partial charge in [-0.05, 0) is 59.0 Å². The van der Waals surface area contributed by atoms with Crippen molar-refractivity contribution in [3.63, 3.8) is 0 Å². The lowest BCUT2D eigenvalue weighted by molar-refractivity contribution is 0.0950. The van der Waals surface area contributed by atoms with E-state index in [0.717, 1.165) is 27.3 Å². The van der Waals surface area contributed by atoms with Crippen LogP contribution in [0.5, 0.6) is 0 Å². The summed E-state index contributed by atoms with van der Waals surface area (Å²) in [5, 5.41) is 15.6. The number of nitriles is 1. The van der Waals surface area contributed by atoms with Gasteiger partial charge >= 0.3 is 0 Å². The number of nitrogens with zero attached hydrogens (tertiary/aromatic N) is 4. The van der Waals surface area contributed by atoms with Gasteiger partial charge in [0, 0.05) is 53.6 Å². The summed E-state index contributed by atoms with van der Waals surface area (Å²) in [6.45, 7) is 0.374. The number of benzene rings is 2. The van der Waals surface area contributed by atoms with Crippen molar-refractivity contribution in [2.75, 3.05) is 5.73 Å². The van der Waals surface area contributed by atoms with Crippen molar-refractivity contribution in [3.05, 3.63) is 106 Å². The SMILES string of the molecule is N#Cc1cc(Cc2cc(C(=O)NCc3ccc4c(N)nccc4c3)ccn2)cc2cc(Cl)cnc12. The van der Waals surface area contributed by atoms with Crippen molar-refractivity contribution in [1.82, 2.24) is 20.3 Å². The third-order valence-corrected chi connectivity index (χ3v) is 5.91. The highest BCUT2D eigenvalue weighted by atomic mass is 35.5. The number of anilines is 1. The van der Waals surface area contributed by atoms with E-state index >= 15 is 0 Å². The number of fused-ring (bicyclic) bond motifs is 2. The molecule has 0 unspecified atom stereocenters. The average molecular weight is 479 g/mol. The van der Waals surface area contributed by atoms with E-state index in [4.69, 9.17) is 17.3 Å². The Balaban J connectivity index is 1.33. The van der Waals surface area contributed by atoms with Gasteiger partial charge in [0.2, 0.25) is 0 Å². The molecule has 3 heterocycles. The molecule has 0 atom stereocenters. The molecule has 0 aliphatic heterocycles. The van der Waals surface area contributed by atoms with Crippen molar-refractivity contribution in [2.45, 2.75) is 13.0 Å². The molecule has 0 bridgehead atoms. The molecule has 0 fully saturated rings. The standard InChI is InChI=1S/C27H19ClN6O/c28-22-11-20-8-17(9-21(13-29)25(20)33-15-22)10-23-12-19(4-5-31-23)27(35)34-14-16-1-2-24-18(7-16)3-6-32-26(24)30/h1-9,11-12,15H,10,14H2,(H2,30,32)(H,34,35). The van der Waals surface area contributed by atoms with Gasteiger partial charge in [-0.2, -0.15) is 5.26 Å². The van der Waals surface area contributed by atoms with E-state index in [-0.39, 0.29) is 5.91 Å². The summed E-state index contributed by atoms with van der Waals surface area (Å²) in [6.07, 6.45) is 5.26. The molecule has 0 saturated heterocycles. The fourth-order valence-electron chi connectivity index (χ4n) is 4.04. The number of pyridine rings is 3. The smallest absolute Gasteiger partial charge is 0.251 e. The second-order valence-corrected chi connectivity index (χ2v) is 8.56. The van der Waals surface area contributed by atoms with Crippen LogP contribution in [0.15, 0.2) is 73.2 Å². The topological polar surface area (TPSA) is 118 Å². The number of hydrogen-bond acceptors (Lipinski definition) is 6. The first-order valence-corrected chi connectivity index (χ1v) is 11.2. The molecule has 1 amide bonds. The van der Waals surface area contributed by atoms with Gasteiger partial charge in [-0.25, -0.2) is 4.98 Å². The molecular weight excluding hydrogens is 460 g/mol. The number of carbonyl (C=O) groups is 1. The van der Waals surface area contributed by atoms with Crippen LogP contribution in [-0.4, -0.2) is 20.9 Å². The third kappa shape index (κ3) is 4.74. The van der Waals surface area contributed by atoms with E-state index in [9.17, 15) is 10.1 Å². The summed E-state index contributed by atoms with van der Waals surface area (Å²) < 4.78 is 0. The zero-order valence-corrected chi connectivity index (χ0v) is 19.3. The molecule has 3 aromatic heterocycles. The average Bonchev–Trinajstić information content (AvgIpc) is 2.86. The molecule has 2 aromatic carbocycles. The molecule has 3 N–H and O–H groups in total. The number of nitrogen functional groups attached to an aromatic ring is 1. The number of aromatic nitrogens is 3. The largest absolute Gasteiger partial charge is 0.383 e. The van der Waals surface area contributed by atoms with Crippen LogP contribution in [0.4, 0.5) is 5.82 Å². The predicted molar refractivity (Wildman–Crippen MR) is 136 cm³/mol. The van der Waals surface area contributed by atoms with Gasteiger partial charge in [-0.3, -0.25) is 14.8 Å². The highest BCUT2D eigenvalue weighted by Crippen LogP contribution is 2.24. The summed E-state index contributed by atoms with van der Waals surface area (Å²) >= 11 is 6.08. The summed E-state index contributed by atoms with van der Waals surface area (Å²) in [6, 6.07) is 18.8. The first kappa shape index (κ1) is 22.3. The second kappa shape index (κ2) is 9.37. The zero-order valence-electron chi connectivity index (χ0n) is 18.5. The van der Waals surface area contributed by atoms with E-state index in [1.807, 2.05) is 30.3 Å². The van der Waals surface area contributed by atoms with Crippen LogP contribution in [0.1, 0.15) is 32.7 Å². The van der Waals surface area contributed by atoms with Crippen molar-refractivity contribution in [2.24, 2.45) is 0 Å². The van der Waals surface area contributed by atoms with Crippen LogP contribution < -0.4 is 11.1 Å². The molecule has 0 radical (unpaired) electrons. The maximum absolute atomic E-state index is 12.8. The Bertz CT molecular complexity index is 1640. The molecule has 5 rings (SSSR count). The number of carbonyl (C=O) groups excluding carboxylic acids is 1. The Morgan fingerprint density at radius 2 is 1.80 bits per heavy atom. The first-order valence-electron chi connectivity index (χ1n) is 10.8. The fourth-order valence-corrected chi connectivity index (χ4v) is 4.21. The molecule has 0 spiro atoms. The van der Waals surface area contributed by atoms with Gasteiger partial charge in [-0.15, -0.1) is 0 Å². The molecule has 0 saturated carbocycles. The molecule has 5 aromatic rings. The van der Waals surface area contributed by atoms with Crippen molar-refractivity contribution in [1.29, 1.82) is 5.26 Å². The zero-order chi connectivity index (χ0) is 24.4. The van der Waals surface area contributed by atoms with Crippen molar-refractivity contribution >= 4 is 45.0 Å². The van der Waals surface area contributed by atoms with E-state index in [1.165, 1.54) is 6.20 Å². The second-order valence-electron chi connectivity index (χ2n) is 8.13. The Morgan fingerprint density at radius 3 is 2.66 bits per heavy atom. The Kier molecular flexibility index (Phi) is 5.96. The lowest BCUT2D eigenvalue weighted by atomic mass is 10.0. The van der Waals surface area contributed by atoms with Crippen LogP contribution in [0.2, 0.25) is 5.02 Å². The summed E-state index contributed by atoms with van der Waals surface area (Å²) in [5.74, 6) is 0.283. The number of halogens is 1. The lowest BCUT2D eigenvalue weighted by Crippen LogP contribution is -2.23. The fraction of sp³-hybridized carbons (Fsp3) is 0.0741.